The Morgan fingerprint density at radius 3 is 2.69 bits per heavy atom. The fourth-order valence-corrected chi connectivity index (χ4v) is 2.22. The van der Waals surface area contributed by atoms with Gasteiger partial charge in [-0.15, -0.1) is 11.3 Å². The molecule has 0 saturated heterocycles. The highest BCUT2D eigenvalue weighted by Crippen LogP contribution is 2.22. The molecule has 0 amide bonds. The average Bonchev–Trinajstić information content (AvgIpc) is 2.78. The van der Waals surface area contributed by atoms with Gasteiger partial charge in [0, 0.05) is 24.6 Å². The molecule has 3 nitrogen and oxygen atoms in total. The molecule has 0 spiro atoms. The van der Waals surface area contributed by atoms with Crippen molar-refractivity contribution in [2.45, 2.75) is 13.2 Å². The van der Waals surface area contributed by atoms with E-state index in [1.54, 1.807) is 18.4 Å². The number of nitrogens with two attached hydrogens (primary N) is 1. The Bertz CT molecular complexity index is 450. The molecule has 0 saturated carbocycles. The van der Waals surface area contributed by atoms with Gasteiger partial charge in [0.2, 0.25) is 0 Å². The van der Waals surface area contributed by atoms with Crippen LogP contribution in [-0.2, 0) is 17.9 Å². The van der Waals surface area contributed by atoms with Gasteiger partial charge in [0.25, 0.3) is 0 Å². The zero-order chi connectivity index (χ0) is 11.4. The summed E-state index contributed by atoms with van der Waals surface area (Å²) in [6.07, 6.45) is 0. The van der Waals surface area contributed by atoms with Crippen molar-refractivity contribution in [2.24, 2.45) is 5.73 Å². The number of benzene rings is 1. The van der Waals surface area contributed by atoms with Crippen molar-refractivity contribution in [3.63, 3.8) is 0 Å². The van der Waals surface area contributed by atoms with Gasteiger partial charge >= 0.3 is 0 Å². The van der Waals surface area contributed by atoms with E-state index in [1.165, 1.54) is 0 Å². The van der Waals surface area contributed by atoms with Gasteiger partial charge in [-0.1, -0.05) is 24.3 Å². The molecule has 2 aromatic rings. The van der Waals surface area contributed by atoms with E-state index in [2.05, 4.69) is 4.98 Å². The molecule has 84 valence electrons. The molecule has 1 heterocycles. The van der Waals surface area contributed by atoms with E-state index in [-0.39, 0.29) is 0 Å². The molecular weight excluding hydrogens is 220 g/mol. The van der Waals surface area contributed by atoms with Gasteiger partial charge < -0.3 is 10.5 Å². The van der Waals surface area contributed by atoms with E-state index in [0.717, 1.165) is 21.8 Å². The third-order valence-corrected chi connectivity index (χ3v) is 3.13. The summed E-state index contributed by atoms with van der Waals surface area (Å²) in [6, 6.07) is 8.16. The van der Waals surface area contributed by atoms with Crippen LogP contribution in [0.1, 0.15) is 10.6 Å². The Hall–Kier alpha value is -1.23. The van der Waals surface area contributed by atoms with Gasteiger partial charge in [0.1, 0.15) is 5.01 Å². The van der Waals surface area contributed by atoms with Crippen molar-refractivity contribution >= 4 is 11.3 Å². The zero-order valence-corrected chi connectivity index (χ0v) is 9.96. The van der Waals surface area contributed by atoms with E-state index >= 15 is 0 Å². The van der Waals surface area contributed by atoms with Crippen molar-refractivity contribution in [1.82, 2.24) is 4.98 Å². The predicted molar refractivity (Wildman–Crippen MR) is 66.2 cm³/mol. The summed E-state index contributed by atoms with van der Waals surface area (Å²) >= 11 is 1.62. The summed E-state index contributed by atoms with van der Waals surface area (Å²) in [5.74, 6) is 0. The molecule has 2 rings (SSSR count). The van der Waals surface area contributed by atoms with Gasteiger partial charge in [0.15, 0.2) is 0 Å². The molecule has 16 heavy (non-hydrogen) atoms. The highest BCUT2D eigenvalue weighted by atomic mass is 32.1. The maximum atomic E-state index is 5.55. The van der Waals surface area contributed by atoms with Crippen molar-refractivity contribution in [1.29, 1.82) is 0 Å². The Kier molecular flexibility index (Phi) is 3.66. The Morgan fingerprint density at radius 2 is 2.06 bits per heavy atom. The molecule has 1 aromatic heterocycles. The van der Waals surface area contributed by atoms with Crippen LogP contribution in [0.3, 0.4) is 0 Å². The SMILES string of the molecule is COCc1nc(-c2ccc(CN)cc2)cs1. The second-order valence-corrected chi connectivity index (χ2v) is 4.40. The average molecular weight is 234 g/mol. The maximum absolute atomic E-state index is 5.55. The third kappa shape index (κ3) is 2.47. The number of rotatable bonds is 4. The van der Waals surface area contributed by atoms with Crippen LogP contribution in [0.5, 0.6) is 0 Å². The molecule has 0 fully saturated rings. The zero-order valence-electron chi connectivity index (χ0n) is 9.14. The second-order valence-electron chi connectivity index (χ2n) is 3.46. The van der Waals surface area contributed by atoms with E-state index in [9.17, 15) is 0 Å². The molecule has 1 aromatic carbocycles. The summed E-state index contributed by atoms with van der Waals surface area (Å²) in [5, 5.41) is 3.05. The normalized spacial score (nSPS) is 10.6. The lowest BCUT2D eigenvalue weighted by atomic mass is 10.1. The lowest BCUT2D eigenvalue weighted by Gasteiger charge is -1.99. The largest absolute Gasteiger partial charge is 0.378 e. The van der Waals surface area contributed by atoms with Crippen molar-refractivity contribution in [3.05, 3.63) is 40.2 Å². The van der Waals surface area contributed by atoms with E-state index < -0.39 is 0 Å². The van der Waals surface area contributed by atoms with Crippen LogP contribution in [0.25, 0.3) is 11.3 Å². The monoisotopic (exact) mass is 234 g/mol. The standard InChI is InChI=1S/C12H14N2OS/c1-15-7-12-14-11(8-16-12)10-4-2-9(6-13)3-5-10/h2-5,8H,6-7,13H2,1H3. The summed E-state index contributed by atoms with van der Waals surface area (Å²) < 4.78 is 5.04. The predicted octanol–water partition coefficient (Wildman–Crippen LogP) is 2.42. The molecule has 0 aliphatic carbocycles. The van der Waals surface area contributed by atoms with E-state index in [4.69, 9.17) is 10.5 Å². The summed E-state index contributed by atoms with van der Waals surface area (Å²) in [5.41, 5.74) is 8.81. The highest BCUT2D eigenvalue weighted by molar-refractivity contribution is 7.09. The van der Waals surface area contributed by atoms with Crippen molar-refractivity contribution in [2.75, 3.05) is 7.11 Å². The van der Waals surface area contributed by atoms with Crippen LogP contribution in [0.4, 0.5) is 0 Å². The molecule has 0 aliphatic rings. The number of methoxy groups -OCH3 is 1. The quantitative estimate of drug-likeness (QED) is 0.883. The lowest BCUT2D eigenvalue weighted by molar-refractivity contribution is 0.184. The topological polar surface area (TPSA) is 48.1 Å². The smallest absolute Gasteiger partial charge is 0.119 e. The summed E-state index contributed by atoms with van der Waals surface area (Å²) in [6.45, 7) is 1.15. The number of aromatic nitrogens is 1. The van der Waals surface area contributed by atoms with Crippen molar-refractivity contribution in [3.8, 4) is 11.3 Å². The van der Waals surface area contributed by atoms with Crippen LogP contribution in [0.15, 0.2) is 29.6 Å². The van der Waals surface area contributed by atoms with Crippen LogP contribution in [0, 0.1) is 0 Å². The molecule has 0 bridgehead atoms. The lowest BCUT2D eigenvalue weighted by Crippen LogP contribution is -1.95. The highest BCUT2D eigenvalue weighted by Gasteiger charge is 2.03. The van der Waals surface area contributed by atoms with Gasteiger partial charge in [-0.3, -0.25) is 0 Å². The van der Waals surface area contributed by atoms with Crippen LogP contribution >= 0.6 is 11.3 Å². The molecule has 0 aliphatic heterocycles. The molecule has 0 unspecified atom stereocenters. The summed E-state index contributed by atoms with van der Waals surface area (Å²) in [4.78, 5) is 4.49. The van der Waals surface area contributed by atoms with Gasteiger partial charge in [0.05, 0.1) is 12.3 Å². The van der Waals surface area contributed by atoms with E-state index in [1.807, 2.05) is 29.6 Å². The number of hydrogen-bond donors (Lipinski definition) is 1. The molecule has 4 heteroatoms. The van der Waals surface area contributed by atoms with Crippen LogP contribution in [-0.4, -0.2) is 12.1 Å². The minimum absolute atomic E-state index is 0.575. The Labute approximate surface area is 98.9 Å². The van der Waals surface area contributed by atoms with Gasteiger partial charge in [-0.05, 0) is 5.56 Å². The first-order valence-electron chi connectivity index (χ1n) is 5.06. The Balaban J connectivity index is 2.21. The van der Waals surface area contributed by atoms with Crippen LogP contribution in [0.2, 0.25) is 0 Å². The number of nitrogens with zero attached hydrogens (tertiary/aromatic N) is 1. The first kappa shape index (κ1) is 11.3. The third-order valence-electron chi connectivity index (χ3n) is 2.30. The minimum Gasteiger partial charge on any atom is -0.378 e. The molecule has 0 radical (unpaired) electrons. The fourth-order valence-electron chi connectivity index (χ4n) is 1.44. The number of hydrogen-bond acceptors (Lipinski definition) is 4. The van der Waals surface area contributed by atoms with Gasteiger partial charge in [-0.2, -0.15) is 0 Å². The van der Waals surface area contributed by atoms with Gasteiger partial charge in [-0.25, -0.2) is 4.98 Å². The Morgan fingerprint density at radius 1 is 1.31 bits per heavy atom. The first-order chi connectivity index (χ1) is 7.83. The number of ether oxygens (including phenoxy) is 1. The summed E-state index contributed by atoms with van der Waals surface area (Å²) in [7, 11) is 1.68. The molecule has 2 N–H and O–H groups in total. The first-order valence-corrected chi connectivity index (χ1v) is 5.94. The second kappa shape index (κ2) is 5.21. The van der Waals surface area contributed by atoms with Crippen LogP contribution < -0.4 is 5.73 Å². The molecular formula is C12H14N2OS. The fraction of sp³-hybridized carbons (Fsp3) is 0.250. The van der Waals surface area contributed by atoms with Crippen molar-refractivity contribution < 1.29 is 4.74 Å². The maximum Gasteiger partial charge on any atom is 0.119 e. The number of thiazole rings is 1. The van der Waals surface area contributed by atoms with E-state index in [0.29, 0.717) is 13.2 Å². The minimum atomic E-state index is 0.575. The molecule has 0 atom stereocenters.